The van der Waals surface area contributed by atoms with E-state index in [1.54, 1.807) is 44.2 Å². The number of rotatable bonds is 8. The van der Waals surface area contributed by atoms with E-state index in [0.29, 0.717) is 34.0 Å². The maximum Gasteiger partial charge on any atom is 0.338 e. The highest BCUT2D eigenvalue weighted by atomic mass is 32.2. The number of hydrogen-bond donors (Lipinski definition) is 1. The van der Waals surface area contributed by atoms with E-state index < -0.39 is 28.4 Å². The monoisotopic (exact) mass is 448 g/mol. The highest BCUT2D eigenvalue weighted by Gasteiger charge is 2.26. The SMILES string of the molecule is CCOC(=O)c1ccc(NC(=O)CN(c2ccc3c(c2)OCO3)S(=O)(=O)CC)c(C)c1. The van der Waals surface area contributed by atoms with Gasteiger partial charge in [0.25, 0.3) is 0 Å². The van der Waals surface area contributed by atoms with Gasteiger partial charge in [0.2, 0.25) is 22.7 Å². The molecule has 1 aliphatic rings. The summed E-state index contributed by atoms with van der Waals surface area (Å²) in [4.78, 5) is 24.6. The molecule has 0 atom stereocenters. The largest absolute Gasteiger partial charge is 0.462 e. The van der Waals surface area contributed by atoms with Gasteiger partial charge in [-0.3, -0.25) is 9.10 Å². The van der Waals surface area contributed by atoms with E-state index in [1.165, 1.54) is 13.0 Å². The minimum Gasteiger partial charge on any atom is -0.462 e. The number of amides is 1. The smallest absolute Gasteiger partial charge is 0.338 e. The fourth-order valence-corrected chi connectivity index (χ4v) is 4.07. The number of sulfonamides is 1. The van der Waals surface area contributed by atoms with Crippen molar-refractivity contribution in [3.63, 3.8) is 0 Å². The Kier molecular flexibility index (Phi) is 6.69. The van der Waals surface area contributed by atoms with E-state index in [2.05, 4.69) is 5.32 Å². The second-order valence-electron chi connectivity index (χ2n) is 6.74. The zero-order valence-electron chi connectivity index (χ0n) is 17.5. The van der Waals surface area contributed by atoms with Crippen LogP contribution in [0.1, 0.15) is 29.8 Å². The molecule has 2 aromatic rings. The van der Waals surface area contributed by atoms with E-state index in [4.69, 9.17) is 14.2 Å². The summed E-state index contributed by atoms with van der Waals surface area (Å²) in [6.07, 6.45) is 0. The van der Waals surface area contributed by atoms with Crippen LogP contribution in [0.5, 0.6) is 11.5 Å². The number of aryl methyl sites for hydroxylation is 1. The molecule has 0 fully saturated rings. The Morgan fingerprint density at radius 3 is 2.52 bits per heavy atom. The number of anilines is 2. The van der Waals surface area contributed by atoms with Crippen molar-refractivity contribution in [3.8, 4) is 11.5 Å². The minimum absolute atomic E-state index is 0.0564. The maximum atomic E-state index is 12.7. The molecule has 0 saturated heterocycles. The Balaban J connectivity index is 1.79. The second kappa shape index (κ2) is 9.25. The third kappa shape index (κ3) is 5.08. The van der Waals surface area contributed by atoms with Crippen LogP contribution >= 0.6 is 0 Å². The summed E-state index contributed by atoms with van der Waals surface area (Å²) in [7, 11) is -3.74. The summed E-state index contributed by atoms with van der Waals surface area (Å²) in [5, 5.41) is 2.70. The van der Waals surface area contributed by atoms with Crippen molar-refractivity contribution in [2.75, 3.05) is 35.3 Å². The molecule has 0 bridgehead atoms. The van der Waals surface area contributed by atoms with Gasteiger partial charge >= 0.3 is 5.97 Å². The summed E-state index contributed by atoms with van der Waals surface area (Å²) in [5.41, 5.74) is 1.79. The molecule has 0 saturated carbocycles. The summed E-state index contributed by atoms with van der Waals surface area (Å²) >= 11 is 0. The normalized spacial score (nSPS) is 12.4. The van der Waals surface area contributed by atoms with E-state index >= 15 is 0 Å². The van der Waals surface area contributed by atoms with Crippen LogP contribution in [0.25, 0.3) is 0 Å². The van der Waals surface area contributed by atoms with Gasteiger partial charge in [-0.05, 0) is 56.7 Å². The van der Waals surface area contributed by atoms with Crippen LogP contribution in [-0.2, 0) is 19.6 Å². The molecule has 0 radical (unpaired) electrons. The Morgan fingerprint density at radius 1 is 1.10 bits per heavy atom. The predicted octanol–water partition coefficient (Wildman–Crippen LogP) is 2.70. The summed E-state index contributed by atoms with van der Waals surface area (Å²) < 4.78 is 41.9. The molecule has 10 heteroatoms. The van der Waals surface area contributed by atoms with Crippen LogP contribution in [0.4, 0.5) is 11.4 Å². The Labute approximate surface area is 181 Å². The molecular formula is C21H24N2O7S. The lowest BCUT2D eigenvalue weighted by molar-refractivity contribution is -0.114. The maximum absolute atomic E-state index is 12.7. The standard InChI is InChI=1S/C21H24N2O7S/c1-4-28-21(25)15-6-8-17(14(3)10-15)22-20(24)12-23(31(26,27)5-2)16-7-9-18-19(11-16)30-13-29-18/h6-11H,4-5,12-13H2,1-3H3,(H,22,24). The highest BCUT2D eigenvalue weighted by molar-refractivity contribution is 7.92. The minimum atomic E-state index is -3.74. The second-order valence-corrected chi connectivity index (χ2v) is 8.93. The van der Waals surface area contributed by atoms with Crippen LogP contribution < -0.4 is 19.1 Å². The van der Waals surface area contributed by atoms with Gasteiger partial charge in [0, 0.05) is 11.8 Å². The molecule has 0 aromatic heterocycles. The van der Waals surface area contributed by atoms with Crippen molar-refractivity contribution in [3.05, 3.63) is 47.5 Å². The Morgan fingerprint density at radius 2 is 1.84 bits per heavy atom. The van der Waals surface area contributed by atoms with E-state index in [0.717, 1.165) is 4.31 Å². The zero-order valence-corrected chi connectivity index (χ0v) is 18.3. The first-order valence-corrected chi connectivity index (χ1v) is 11.3. The van der Waals surface area contributed by atoms with Gasteiger partial charge in [0.1, 0.15) is 6.54 Å². The van der Waals surface area contributed by atoms with Crippen LogP contribution in [0, 0.1) is 6.92 Å². The highest BCUT2D eigenvalue weighted by Crippen LogP contribution is 2.36. The number of carbonyl (C=O) groups is 2. The molecule has 2 aromatic carbocycles. The molecule has 0 unspecified atom stereocenters. The summed E-state index contributed by atoms with van der Waals surface area (Å²) in [5.74, 6) is -0.228. The average Bonchev–Trinajstić information content (AvgIpc) is 3.21. The lowest BCUT2D eigenvalue weighted by atomic mass is 10.1. The molecule has 0 spiro atoms. The Hall–Kier alpha value is -3.27. The van der Waals surface area contributed by atoms with Gasteiger partial charge in [-0.25, -0.2) is 13.2 Å². The topological polar surface area (TPSA) is 111 Å². The molecule has 1 amide bonds. The first-order valence-electron chi connectivity index (χ1n) is 9.72. The molecule has 0 aliphatic carbocycles. The van der Waals surface area contributed by atoms with Crippen molar-refractivity contribution >= 4 is 33.3 Å². The van der Waals surface area contributed by atoms with Gasteiger partial charge in [0.05, 0.1) is 23.6 Å². The van der Waals surface area contributed by atoms with Gasteiger partial charge in [-0.15, -0.1) is 0 Å². The van der Waals surface area contributed by atoms with E-state index in [-0.39, 0.29) is 19.2 Å². The van der Waals surface area contributed by atoms with Crippen molar-refractivity contribution in [2.24, 2.45) is 0 Å². The molecule has 3 rings (SSSR count). The number of nitrogens with zero attached hydrogens (tertiary/aromatic N) is 1. The zero-order chi connectivity index (χ0) is 22.6. The Bertz CT molecular complexity index is 1100. The molecule has 1 aliphatic heterocycles. The molecule has 166 valence electrons. The number of nitrogens with one attached hydrogen (secondary N) is 1. The van der Waals surface area contributed by atoms with Crippen molar-refractivity contribution in [2.45, 2.75) is 20.8 Å². The molecule has 1 N–H and O–H groups in total. The number of hydrogen-bond acceptors (Lipinski definition) is 7. The first-order chi connectivity index (χ1) is 14.7. The number of ether oxygens (including phenoxy) is 3. The number of carbonyl (C=O) groups excluding carboxylic acids is 2. The molecule has 1 heterocycles. The first kappa shape index (κ1) is 22.4. The molecule has 9 nitrogen and oxygen atoms in total. The fourth-order valence-electron chi connectivity index (χ4n) is 3.01. The van der Waals surface area contributed by atoms with Gasteiger partial charge in [0.15, 0.2) is 11.5 Å². The summed E-state index contributed by atoms with van der Waals surface area (Å²) in [6, 6.07) is 9.42. The predicted molar refractivity (Wildman–Crippen MR) is 115 cm³/mol. The van der Waals surface area contributed by atoms with Crippen molar-refractivity contribution < 1.29 is 32.2 Å². The van der Waals surface area contributed by atoms with Crippen molar-refractivity contribution in [1.82, 2.24) is 0 Å². The van der Waals surface area contributed by atoms with Crippen LogP contribution in [0.15, 0.2) is 36.4 Å². The third-order valence-electron chi connectivity index (χ3n) is 4.64. The number of benzene rings is 2. The number of esters is 1. The fraction of sp³-hybridized carbons (Fsp3) is 0.333. The van der Waals surface area contributed by atoms with Gasteiger partial charge < -0.3 is 19.5 Å². The summed E-state index contributed by atoms with van der Waals surface area (Å²) in [6.45, 7) is 4.85. The lowest BCUT2D eigenvalue weighted by Gasteiger charge is -2.23. The third-order valence-corrected chi connectivity index (χ3v) is 6.38. The van der Waals surface area contributed by atoms with Crippen LogP contribution in [0.3, 0.4) is 0 Å². The van der Waals surface area contributed by atoms with Crippen LogP contribution in [-0.4, -0.2) is 46.0 Å². The van der Waals surface area contributed by atoms with Crippen LogP contribution in [0.2, 0.25) is 0 Å². The van der Waals surface area contributed by atoms with E-state index in [1.807, 2.05) is 0 Å². The van der Waals surface area contributed by atoms with Crippen molar-refractivity contribution in [1.29, 1.82) is 0 Å². The number of fused-ring (bicyclic) bond motifs is 1. The molecule has 31 heavy (non-hydrogen) atoms. The lowest BCUT2D eigenvalue weighted by Crippen LogP contribution is -2.39. The molecular weight excluding hydrogens is 424 g/mol. The van der Waals surface area contributed by atoms with E-state index in [9.17, 15) is 18.0 Å². The van der Waals surface area contributed by atoms with Gasteiger partial charge in [-0.1, -0.05) is 0 Å². The van der Waals surface area contributed by atoms with Gasteiger partial charge in [-0.2, -0.15) is 0 Å². The average molecular weight is 448 g/mol. The quantitative estimate of drug-likeness (QED) is 0.618.